The molecule has 0 aromatic carbocycles. The van der Waals surface area contributed by atoms with Crippen molar-refractivity contribution in [3.05, 3.63) is 0 Å². The van der Waals surface area contributed by atoms with Crippen molar-refractivity contribution in [2.24, 2.45) is 5.73 Å². The van der Waals surface area contributed by atoms with Crippen molar-refractivity contribution in [1.82, 2.24) is 10.6 Å². The summed E-state index contributed by atoms with van der Waals surface area (Å²) in [4.78, 5) is 11.3. The quantitative estimate of drug-likeness (QED) is 0.492. The van der Waals surface area contributed by atoms with Crippen molar-refractivity contribution in [3.8, 4) is 0 Å². The van der Waals surface area contributed by atoms with Crippen LogP contribution >= 0.6 is 0 Å². The van der Waals surface area contributed by atoms with Crippen LogP contribution in [0.3, 0.4) is 0 Å². The number of ether oxygens (including phenoxy) is 1. The van der Waals surface area contributed by atoms with E-state index >= 15 is 0 Å². The molecule has 0 aliphatic heterocycles. The standard InChI is InChI=1S/C10H23N3O3/c1-10(2,3)16-9(15)13-7-8(6-11)12-4-5-14/h8,12,14H,4-7,11H2,1-3H3,(H,13,15). The Bertz CT molecular complexity index is 204. The van der Waals surface area contributed by atoms with Gasteiger partial charge in [0.05, 0.1) is 6.61 Å². The second-order valence-corrected chi connectivity index (χ2v) is 4.49. The molecule has 16 heavy (non-hydrogen) atoms. The van der Waals surface area contributed by atoms with Crippen LogP contribution in [0, 0.1) is 0 Å². The Morgan fingerprint density at radius 3 is 2.56 bits per heavy atom. The number of amides is 1. The number of rotatable bonds is 6. The Kier molecular flexibility index (Phi) is 7.03. The van der Waals surface area contributed by atoms with Gasteiger partial charge in [-0.15, -0.1) is 0 Å². The molecular weight excluding hydrogens is 210 g/mol. The minimum atomic E-state index is -0.499. The molecule has 0 fully saturated rings. The summed E-state index contributed by atoms with van der Waals surface area (Å²) in [7, 11) is 0. The predicted molar refractivity (Wildman–Crippen MR) is 62.2 cm³/mol. The molecule has 5 N–H and O–H groups in total. The number of aliphatic hydroxyl groups is 1. The van der Waals surface area contributed by atoms with Gasteiger partial charge < -0.3 is 26.2 Å². The Morgan fingerprint density at radius 1 is 1.50 bits per heavy atom. The first kappa shape index (κ1) is 15.2. The Morgan fingerprint density at radius 2 is 2.12 bits per heavy atom. The summed E-state index contributed by atoms with van der Waals surface area (Å²) < 4.78 is 5.07. The molecule has 0 spiro atoms. The minimum Gasteiger partial charge on any atom is -0.444 e. The molecule has 0 aromatic heterocycles. The van der Waals surface area contributed by atoms with Crippen LogP contribution in [0.25, 0.3) is 0 Å². The Hall–Kier alpha value is -0.850. The van der Waals surface area contributed by atoms with E-state index in [1.165, 1.54) is 0 Å². The molecule has 0 bridgehead atoms. The van der Waals surface area contributed by atoms with Crippen molar-refractivity contribution in [2.75, 3.05) is 26.2 Å². The number of carbonyl (C=O) groups excluding carboxylic acids is 1. The molecule has 6 heteroatoms. The average molecular weight is 233 g/mol. The number of carbonyl (C=O) groups is 1. The number of hydrogen-bond acceptors (Lipinski definition) is 5. The normalized spacial score (nSPS) is 13.3. The highest BCUT2D eigenvalue weighted by Gasteiger charge is 2.16. The van der Waals surface area contributed by atoms with Crippen LogP contribution in [-0.2, 0) is 4.74 Å². The third-order valence-corrected chi connectivity index (χ3v) is 1.72. The second-order valence-electron chi connectivity index (χ2n) is 4.49. The van der Waals surface area contributed by atoms with Crippen molar-refractivity contribution in [3.63, 3.8) is 0 Å². The highest BCUT2D eigenvalue weighted by molar-refractivity contribution is 5.67. The third-order valence-electron chi connectivity index (χ3n) is 1.72. The van der Waals surface area contributed by atoms with E-state index in [0.29, 0.717) is 19.6 Å². The molecule has 0 saturated heterocycles. The zero-order valence-electron chi connectivity index (χ0n) is 10.2. The van der Waals surface area contributed by atoms with E-state index in [4.69, 9.17) is 15.6 Å². The molecule has 1 amide bonds. The minimum absolute atomic E-state index is 0.0446. The molecule has 1 atom stereocenters. The van der Waals surface area contributed by atoms with Crippen molar-refractivity contribution in [1.29, 1.82) is 0 Å². The third kappa shape index (κ3) is 8.46. The highest BCUT2D eigenvalue weighted by Crippen LogP contribution is 2.06. The van der Waals surface area contributed by atoms with E-state index in [0.717, 1.165) is 0 Å². The summed E-state index contributed by atoms with van der Waals surface area (Å²) in [5, 5.41) is 14.2. The van der Waals surface area contributed by atoms with Gasteiger partial charge >= 0.3 is 6.09 Å². The van der Waals surface area contributed by atoms with Crippen LogP contribution in [0.15, 0.2) is 0 Å². The number of alkyl carbamates (subject to hydrolysis) is 1. The van der Waals surface area contributed by atoms with Gasteiger partial charge in [-0.05, 0) is 20.8 Å². The summed E-state index contributed by atoms with van der Waals surface area (Å²) in [6.45, 7) is 6.67. The fourth-order valence-corrected chi connectivity index (χ4v) is 1.03. The van der Waals surface area contributed by atoms with Gasteiger partial charge in [0.15, 0.2) is 0 Å². The number of hydrogen-bond donors (Lipinski definition) is 4. The Balaban J connectivity index is 3.79. The fourth-order valence-electron chi connectivity index (χ4n) is 1.03. The molecule has 0 aromatic rings. The highest BCUT2D eigenvalue weighted by atomic mass is 16.6. The van der Waals surface area contributed by atoms with Crippen LogP contribution in [0.5, 0.6) is 0 Å². The SMILES string of the molecule is CC(C)(C)OC(=O)NCC(CN)NCCO. The molecule has 0 radical (unpaired) electrons. The molecule has 96 valence electrons. The lowest BCUT2D eigenvalue weighted by molar-refractivity contribution is 0.0523. The molecule has 0 rings (SSSR count). The first-order valence-corrected chi connectivity index (χ1v) is 5.40. The molecule has 0 aliphatic carbocycles. The van der Waals surface area contributed by atoms with Crippen molar-refractivity contribution < 1.29 is 14.6 Å². The van der Waals surface area contributed by atoms with Gasteiger partial charge in [0, 0.05) is 25.7 Å². The van der Waals surface area contributed by atoms with Gasteiger partial charge in [0.1, 0.15) is 5.60 Å². The topological polar surface area (TPSA) is 96.6 Å². The second kappa shape index (κ2) is 7.43. The lowest BCUT2D eigenvalue weighted by atomic mass is 10.2. The van der Waals surface area contributed by atoms with E-state index < -0.39 is 11.7 Å². The zero-order valence-corrected chi connectivity index (χ0v) is 10.2. The summed E-state index contributed by atoms with van der Waals surface area (Å²) in [5.41, 5.74) is 4.99. The summed E-state index contributed by atoms with van der Waals surface area (Å²) in [6.07, 6.45) is -0.461. The van der Waals surface area contributed by atoms with E-state index in [2.05, 4.69) is 10.6 Å². The smallest absolute Gasteiger partial charge is 0.407 e. The summed E-state index contributed by atoms with van der Waals surface area (Å²) in [5.74, 6) is 0. The van der Waals surface area contributed by atoms with Gasteiger partial charge in [0.25, 0.3) is 0 Å². The largest absolute Gasteiger partial charge is 0.444 e. The maximum Gasteiger partial charge on any atom is 0.407 e. The maximum absolute atomic E-state index is 11.3. The number of aliphatic hydroxyl groups excluding tert-OH is 1. The first-order valence-electron chi connectivity index (χ1n) is 5.40. The first-order chi connectivity index (χ1) is 7.39. The molecular formula is C10H23N3O3. The van der Waals surface area contributed by atoms with Crippen molar-refractivity contribution in [2.45, 2.75) is 32.4 Å². The van der Waals surface area contributed by atoms with Gasteiger partial charge in [0.2, 0.25) is 0 Å². The van der Waals surface area contributed by atoms with Gasteiger partial charge in [-0.3, -0.25) is 0 Å². The van der Waals surface area contributed by atoms with Gasteiger partial charge in [-0.1, -0.05) is 0 Å². The van der Waals surface area contributed by atoms with E-state index in [1.54, 1.807) is 20.8 Å². The number of nitrogens with one attached hydrogen (secondary N) is 2. The Labute approximate surface area is 96.5 Å². The molecule has 0 saturated carbocycles. The summed E-state index contributed by atoms with van der Waals surface area (Å²) >= 11 is 0. The molecule has 0 aliphatic rings. The van der Waals surface area contributed by atoms with E-state index in [1.807, 2.05) is 0 Å². The maximum atomic E-state index is 11.3. The van der Waals surface area contributed by atoms with E-state index in [9.17, 15) is 4.79 Å². The van der Waals surface area contributed by atoms with Crippen LogP contribution in [-0.4, -0.2) is 49.1 Å². The molecule has 1 unspecified atom stereocenters. The van der Waals surface area contributed by atoms with Crippen LogP contribution in [0.4, 0.5) is 4.79 Å². The van der Waals surface area contributed by atoms with Crippen LogP contribution in [0.1, 0.15) is 20.8 Å². The predicted octanol–water partition coefficient (Wildman–Crippen LogP) is -0.580. The van der Waals surface area contributed by atoms with E-state index in [-0.39, 0.29) is 12.6 Å². The van der Waals surface area contributed by atoms with Crippen LogP contribution < -0.4 is 16.4 Å². The molecule has 6 nitrogen and oxygen atoms in total. The monoisotopic (exact) mass is 233 g/mol. The zero-order chi connectivity index (χ0) is 12.6. The average Bonchev–Trinajstić information content (AvgIpc) is 2.15. The molecule has 0 heterocycles. The van der Waals surface area contributed by atoms with Gasteiger partial charge in [-0.25, -0.2) is 4.79 Å². The lowest BCUT2D eigenvalue weighted by Gasteiger charge is -2.21. The number of nitrogens with two attached hydrogens (primary N) is 1. The lowest BCUT2D eigenvalue weighted by Crippen LogP contribution is -2.47. The fraction of sp³-hybridized carbons (Fsp3) is 0.900. The van der Waals surface area contributed by atoms with Gasteiger partial charge in [-0.2, -0.15) is 0 Å². The van der Waals surface area contributed by atoms with Crippen molar-refractivity contribution >= 4 is 6.09 Å². The summed E-state index contributed by atoms with van der Waals surface area (Å²) in [6, 6.07) is -0.0559. The van der Waals surface area contributed by atoms with Crippen LogP contribution in [0.2, 0.25) is 0 Å².